The van der Waals surface area contributed by atoms with Gasteiger partial charge in [0, 0.05) is 35.5 Å². The predicted molar refractivity (Wildman–Crippen MR) is 99.4 cm³/mol. The summed E-state index contributed by atoms with van der Waals surface area (Å²) in [7, 11) is 2.19. The molecule has 0 unspecified atom stereocenters. The van der Waals surface area contributed by atoms with Crippen molar-refractivity contribution in [3.05, 3.63) is 47.3 Å². The number of thiophene rings is 1. The molecule has 2 fully saturated rings. The summed E-state index contributed by atoms with van der Waals surface area (Å²) in [5.74, 6) is 0.196. The zero-order chi connectivity index (χ0) is 16.6. The molecule has 2 saturated heterocycles. The Balaban J connectivity index is 1.49. The second-order valence-electron chi connectivity index (χ2n) is 7.37. The average Bonchev–Trinajstić information content (AvgIpc) is 3.25. The van der Waals surface area contributed by atoms with Gasteiger partial charge in [0.1, 0.15) is 0 Å². The van der Waals surface area contributed by atoms with Gasteiger partial charge in [-0.1, -0.05) is 18.2 Å². The van der Waals surface area contributed by atoms with E-state index in [2.05, 4.69) is 46.5 Å². The molecule has 1 amide bonds. The fraction of sp³-hybridized carbons (Fsp3) is 0.450. The van der Waals surface area contributed by atoms with Crippen LogP contribution in [0, 0.1) is 5.41 Å². The van der Waals surface area contributed by atoms with Crippen LogP contribution in [0.4, 0.5) is 0 Å². The molecule has 0 bridgehead atoms. The Morgan fingerprint density at radius 2 is 1.92 bits per heavy atom. The standard InChI is InChI=1S/C20H24N2OS/c1-21-12-10-20(14-21)9-3-11-22(15-20)19(23)17-7-5-16(6-8-17)18-4-2-13-24-18/h2,4-8,13H,3,9-12,14-15H2,1H3/t20-/m0/s1. The van der Waals surface area contributed by atoms with E-state index < -0.39 is 0 Å². The predicted octanol–water partition coefficient (Wildman–Crippen LogP) is 3.97. The molecule has 3 heterocycles. The Bertz CT molecular complexity index is 706. The van der Waals surface area contributed by atoms with E-state index in [0.717, 1.165) is 38.2 Å². The lowest BCUT2D eigenvalue weighted by Crippen LogP contribution is -2.47. The number of carbonyl (C=O) groups is 1. The van der Waals surface area contributed by atoms with Crippen LogP contribution in [0.1, 0.15) is 29.6 Å². The number of piperidine rings is 1. The van der Waals surface area contributed by atoms with Gasteiger partial charge in [-0.15, -0.1) is 11.3 Å². The summed E-state index contributed by atoms with van der Waals surface area (Å²) >= 11 is 1.73. The maximum absolute atomic E-state index is 12.9. The van der Waals surface area contributed by atoms with Gasteiger partial charge in [0.15, 0.2) is 0 Å². The van der Waals surface area contributed by atoms with Crippen molar-refractivity contribution in [3.63, 3.8) is 0 Å². The fourth-order valence-corrected chi connectivity index (χ4v) is 5.01. The Hall–Kier alpha value is -1.65. The van der Waals surface area contributed by atoms with E-state index in [4.69, 9.17) is 0 Å². The Kier molecular flexibility index (Phi) is 4.19. The monoisotopic (exact) mass is 340 g/mol. The van der Waals surface area contributed by atoms with Crippen molar-refractivity contribution in [1.82, 2.24) is 9.80 Å². The molecule has 1 atom stereocenters. The highest BCUT2D eigenvalue weighted by atomic mass is 32.1. The van der Waals surface area contributed by atoms with Crippen LogP contribution in [0.15, 0.2) is 41.8 Å². The highest BCUT2D eigenvalue weighted by molar-refractivity contribution is 7.13. The molecule has 24 heavy (non-hydrogen) atoms. The zero-order valence-electron chi connectivity index (χ0n) is 14.2. The minimum atomic E-state index is 0.196. The lowest BCUT2D eigenvalue weighted by molar-refractivity contribution is 0.0534. The molecule has 2 aliphatic rings. The van der Waals surface area contributed by atoms with Gasteiger partial charge in [0.2, 0.25) is 0 Å². The zero-order valence-corrected chi connectivity index (χ0v) is 15.0. The van der Waals surface area contributed by atoms with Gasteiger partial charge in [-0.25, -0.2) is 0 Å². The van der Waals surface area contributed by atoms with Crippen molar-refractivity contribution in [2.45, 2.75) is 19.3 Å². The van der Waals surface area contributed by atoms with Crippen molar-refractivity contribution < 1.29 is 4.79 Å². The number of hydrogen-bond donors (Lipinski definition) is 0. The van der Waals surface area contributed by atoms with Crippen molar-refractivity contribution in [1.29, 1.82) is 0 Å². The number of carbonyl (C=O) groups excluding carboxylic acids is 1. The van der Waals surface area contributed by atoms with Gasteiger partial charge in [-0.05, 0) is 62.0 Å². The molecule has 0 N–H and O–H groups in total. The van der Waals surface area contributed by atoms with Crippen LogP contribution in [0.25, 0.3) is 10.4 Å². The molecular weight excluding hydrogens is 316 g/mol. The molecule has 0 aliphatic carbocycles. The molecule has 4 heteroatoms. The van der Waals surface area contributed by atoms with Gasteiger partial charge >= 0.3 is 0 Å². The van der Waals surface area contributed by atoms with Crippen LogP contribution < -0.4 is 0 Å². The van der Waals surface area contributed by atoms with Crippen LogP contribution >= 0.6 is 11.3 Å². The number of benzene rings is 1. The van der Waals surface area contributed by atoms with Crippen molar-refractivity contribution in [2.24, 2.45) is 5.41 Å². The lowest BCUT2D eigenvalue weighted by atomic mass is 9.79. The second kappa shape index (κ2) is 6.34. The first-order valence-corrected chi connectivity index (χ1v) is 9.65. The third kappa shape index (κ3) is 3.01. The van der Waals surface area contributed by atoms with Crippen molar-refractivity contribution in [3.8, 4) is 10.4 Å². The van der Waals surface area contributed by atoms with Crippen molar-refractivity contribution >= 4 is 17.2 Å². The summed E-state index contributed by atoms with van der Waals surface area (Å²) in [4.78, 5) is 18.7. The third-order valence-electron chi connectivity index (χ3n) is 5.52. The summed E-state index contributed by atoms with van der Waals surface area (Å²) in [6, 6.07) is 12.3. The highest BCUT2D eigenvalue weighted by Gasteiger charge is 2.41. The average molecular weight is 340 g/mol. The van der Waals surface area contributed by atoms with Crippen LogP contribution in [-0.4, -0.2) is 48.9 Å². The third-order valence-corrected chi connectivity index (χ3v) is 6.43. The van der Waals surface area contributed by atoms with Gasteiger partial charge in [-0.3, -0.25) is 4.79 Å². The highest BCUT2D eigenvalue weighted by Crippen LogP contribution is 2.38. The van der Waals surface area contributed by atoms with E-state index in [1.807, 2.05) is 12.1 Å². The van der Waals surface area contributed by atoms with Gasteiger partial charge < -0.3 is 9.80 Å². The molecule has 3 nitrogen and oxygen atoms in total. The van der Waals surface area contributed by atoms with E-state index in [1.54, 1.807) is 11.3 Å². The molecule has 0 radical (unpaired) electrons. The molecule has 4 rings (SSSR count). The maximum Gasteiger partial charge on any atom is 0.253 e. The first-order valence-electron chi connectivity index (χ1n) is 8.77. The van der Waals surface area contributed by atoms with Gasteiger partial charge in [0.05, 0.1) is 0 Å². The van der Waals surface area contributed by atoms with E-state index in [1.165, 1.54) is 23.3 Å². The molecule has 2 aromatic rings. The number of amides is 1. The first kappa shape index (κ1) is 15.9. The summed E-state index contributed by atoms with van der Waals surface area (Å²) in [6.45, 7) is 4.12. The SMILES string of the molecule is CN1CC[C@@]2(CCCN(C(=O)c3ccc(-c4cccs4)cc3)C2)C1. The Morgan fingerprint density at radius 1 is 1.08 bits per heavy atom. The lowest BCUT2D eigenvalue weighted by Gasteiger charge is -2.40. The Morgan fingerprint density at radius 3 is 2.58 bits per heavy atom. The summed E-state index contributed by atoms with van der Waals surface area (Å²) in [5.41, 5.74) is 2.34. The molecule has 0 saturated carbocycles. The van der Waals surface area contributed by atoms with E-state index in [9.17, 15) is 4.79 Å². The summed E-state index contributed by atoms with van der Waals surface area (Å²) in [5, 5.41) is 2.08. The van der Waals surface area contributed by atoms with Gasteiger partial charge in [0.25, 0.3) is 5.91 Å². The smallest absolute Gasteiger partial charge is 0.253 e. The second-order valence-corrected chi connectivity index (χ2v) is 8.32. The quantitative estimate of drug-likeness (QED) is 0.826. The number of hydrogen-bond acceptors (Lipinski definition) is 3. The molecule has 1 spiro atoms. The minimum absolute atomic E-state index is 0.196. The number of nitrogens with zero attached hydrogens (tertiary/aromatic N) is 2. The minimum Gasteiger partial charge on any atom is -0.338 e. The molecule has 1 aromatic carbocycles. The molecule has 126 valence electrons. The Labute approximate surface area is 147 Å². The maximum atomic E-state index is 12.9. The largest absolute Gasteiger partial charge is 0.338 e. The van der Waals surface area contributed by atoms with E-state index in [0.29, 0.717) is 5.41 Å². The molecule has 2 aliphatic heterocycles. The van der Waals surface area contributed by atoms with Crippen LogP contribution in [0.3, 0.4) is 0 Å². The van der Waals surface area contributed by atoms with Crippen LogP contribution in [0.5, 0.6) is 0 Å². The number of likely N-dealkylation sites (tertiary alicyclic amines) is 2. The molecular formula is C20H24N2OS. The van der Waals surface area contributed by atoms with E-state index in [-0.39, 0.29) is 5.91 Å². The topological polar surface area (TPSA) is 23.6 Å². The normalized spacial score (nSPS) is 24.6. The summed E-state index contributed by atoms with van der Waals surface area (Å²) in [6.07, 6.45) is 3.62. The first-order chi connectivity index (χ1) is 11.7. The van der Waals surface area contributed by atoms with Gasteiger partial charge in [-0.2, -0.15) is 0 Å². The van der Waals surface area contributed by atoms with Crippen LogP contribution in [0.2, 0.25) is 0 Å². The molecule has 1 aromatic heterocycles. The summed E-state index contributed by atoms with van der Waals surface area (Å²) < 4.78 is 0. The van der Waals surface area contributed by atoms with Crippen LogP contribution in [-0.2, 0) is 0 Å². The van der Waals surface area contributed by atoms with Crippen molar-refractivity contribution in [2.75, 3.05) is 33.2 Å². The fourth-order valence-electron chi connectivity index (χ4n) is 4.28. The number of rotatable bonds is 2. The van der Waals surface area contributed by atoms with E-state index >= 15 is 0 Å².